The third kappa shape index (κ3) is 3.48. The number of nitrogens with one attached hydrogen (secondary N) is 2. The van der Waals surface area contributed by atoms with E-state index in [0.717, 1.165) is 49.0 Å². The number of hydrogen-bond acceptors (Lipinski definition) is 6. The molecule has 2 aromatic rings. The third-order valence-corrected chi connectivity index (χ3v) is 5.95. The van der Waals surface area contributed by atoms with Crippen LogP contribution in [-0.4, -0.2) is 51.4 Å². The number of anilines is 2. The second-order valence-corrected chi connectivity index (χ2v) is 8.24. The van der Waals surface area contributed by atoms with Crippen LogP contribution in [0.15, 0.2) is 30.1 Å². The molecule has 4 heterocycles. The molecule has 1 amide bonds. The number of aliphatic hydroxyl groups excluding tert-OH is 1. The van der Waals surface area contributed by atoms with Gasteiger partial charge in [0.25, 0.3) is 5.91 Å². The number of amides is 1. The van der Waals surface area contributed by atoms with Gasteiger partial charge in [-0.25, -0.2) is 4.98 Å². The number of fused-ring (bicyclic) bond motifs is 1. The second-order valence-electron chi connectivity index (χ2n) is 8.24. The molecular weight excluding hydrogens is 368 g/mol. The zero-order valence-corrected chi connectivity index (χ0v) is 16.4. The van der Waals surface area contributed by atoms with Crippen molar-refractivity contribution in [1.29, 1.82) is 0 Å². The van der Waals surface area contributed by atoms with Gasteiger partial charge in [-0.15, -0.1) is 0 Å². The number of nitrogens with zero attached hydrogens (tertiary/aromatic N) is 4. The van der Waals surface area contributed by atoms with Gasteiger partial charge < -0.3 is 20.6 Å². The zero-order chi connectivity index (χ0) is 20.0. The van der Waals surface area contributed by atoms with Gasteiger partial charge in [0.2, 0.25) is 0 Å². The van der Waals surface area contributed by atoms with Crippen LogP contribution < -0.4 is 15.5 Å². The van der Waals surface area contributed by atoms with Crippen LogP contribution in [0, 0.1) is 5.92 Å². The molecule has 2 saturated heterocycles. The highest BCUT2D eigenvalue weighted by atomic mass is 16.3. The van der Waals surface area contributed by atoms with E-state index in [2.05, 4.69) is 27.2 Å². The highest BCUT2D eigenvalue weighted by molar-refractivity contribution is 6.02. The molecule has 0 bridgehead atoms. The zero-order valence-electron chi connectivity index (χ0n) is 16.4. The number of allylic oxidation sites excluding steroid dienone is 1. The number of carbonyl (C=O) groups is 1. The highest BCUT2D eigenvalue weighted by Crippen LogP contribution is 2.31. The van der Waals surface area contributed by atoms with Crippen LogP contribution in [0.1, 0.15) is 37.7 Å². The average molecular weight is 394 g/mol. The van der Waals surface area contributed by atoms with Crippen LogP contribution in [0.25, 0.3) is 11.7 Å². The first-order valence-corrected chi connectivity index (χ1v) is 10.3. The van der Waals surface area contributed by atoms with E-state index in [4.69, 9.17) is 4.98 Å². The second kappa shape index (κ2) is 7.18. The van der Waals surface area contributed by atoms with E-state index >= 15 is 0 Å². The summed E-state index contributed by atoms with van der Waals surface area (Å²) in [6.07, 6.45) is 8.66. The first kappa shape index (κ1) is 18.2. The number of carbonyl (C=O) groups excluding carboxylic acids is 1. The predicted octanol–water partition coefficient (Wildman–Crippen LogP) is 1.93. The van der Waals surface area contributed by atoms with Crippen molar-refractivity contribution in [3.05, 3.63) is 35.7 Å². The molecule has 2 aliphatic heterocycles. The van der Waals surface area contributed by atoms with Crippen molar-refractivity contribution in [3.63, 3.8) is 0 Å². The van der Waals surface area contributed by atoms with Gasteiger partial charge in [-0.2, -0.15) is 9.61 Å². The molecule has 3 aliphatic rings. The van der Waals surface area contributed by atoms with E-state index in [1.165, 1.54) is 12.8 Å². The minimum Gasteiger partial charge on any atom is -0.394 e. The van der Waals surface area contributed by atoms with Crippen molar-refractivity contribution < 1.29 is 9.90 Å². The molecule has 0 spiro atoms. The summed E-state index contributed by atoms with van der Waals surface area (Å²) in [6.45, 7) is 5.76. The van der Waals surface area contributed by atoms with Gasteiger partial charge in [-0.05, 0) is 37.7 Å². The summed E-state index contributed by atoms with van der Waals surface area (Å²) in [4.78, 5) is 19.2. The molecule has 8 heteroatoms. The Morgan fingerprint density at radius 1 is 1.38 bits per heavy atom. The molecule has 8 nitrogen and oxygen atoms in total. The van der Waals surface area contributed by atoms with Gasteiger partial charge in [0.15, 0.2) is 5.65 Å². The van der Waals surface area contributed by atoms with Crippen LogP contribution in [-0.2, 0) is 4.79 Å². The Morgan fingerprint density at radius 3 is 2.97 bits per heavy atom. The fourth-order valence-corrected chi connectivity index (χ4v) is 4.14. The smallest absolute Gasteiger partial charge is 0.251 e. The molecule has 0 aromatic carbocycles. The van der Waals surface area contributed by atoms with Crippen molar-refractivity contribution >= 4 is 29.3 Å². The minimum absolute atomic E-state index is 0.0925. The highest BCUT2D eigenvalue weighted by Gasteiger charge is 2.27. The number of aliphatic hydroxyl groups is 1. The fraction of sp³-hybridized carbons (Fsp3) is 0.476. The van der Waals surface area contributed by atoms with E-state index in [1.54, 1.807) is 6.20 Å². The molecule has 0 unspecified atom stereocenters. The summed E-state index contributed by atoms with van der Waals surface area (Å²) in [7, 11) is 0. The van der Waals surface area contributed by atoms with Crippen LogP contribution in [0.5, 0.6) is 0 Å². The van der Waals surface area contributed by atoms with Crippen LogP contribution >= 0.6 is 0 Å². The Bertz CT molecular complexity index is 1010. The lowest BCUT2D eigenvalue weighted by molar-refractivity contribution is -0.115. The topological polar surface area (TPSA) is 94.8 Å². The molecule has 29 heavy (non-hydrogen) atoms. The molecular formula is C21H26N6O2. The molecule has 1 aliphatic carbocycles. The normalized spacial score (nSPS) is 23.4. The van der Waals surface area contributed by atoms with Gasteiger partial charge >= 0.3 is 0 Å². The minimum atomic E-state index is -0.113. The summed E-state index contributed by atoms with van der Waals surface area (Å²) in [5, 5.41) is 20.6. The van der Waals surface area contributed by atoms with E-state index in [9.17, 15) is 9.90 Å². The standard InChI is InChI=1S/C21H26N6O2/c1-13-7-15(21(29)24-13)8-16-11-23-27-18(22-10-14-4-5-14)9-19(25-20(16)27)26-6-2-3-17(26)12-28/h8-9,11,14,17,22,28H,1-7,10,12H2,(H,24,29)/b15-8+/t17-/m0/s1. The van der Waals surface area contributed by atoms with Crippen LogP contribution in [0.4, 0.5) is 11.6 Å². The molecule has 0 radical (unpaired) electrons. The fourth-order valence-electron chi connectivity index (χ4n) is 4.14. The summed E-state index contributed by atoms with van der Waals surface area (Å²) in [6, 6.07) is 2.12. The van der Waals surface area contributed by atoms with E-state index in [0.29, 0.717) is 23.3 Å². The predicted molar refractivity (Wildman–Crippen MR) is 112 cm³/mol. The lowest BCUT2D eigenvalue weighted by Crippen LogP contribution is -2.33. The Hall–Kier alpha value is -2.87. The number of aromatic nitrogens is 3. The molecule has 152 valence electrons. The maximum absolute atomic E-state index is 12.1. The summed E-state index contributed by atoms with van der Waals surface area (Å²) in [5.41, 5.74) is 2.89. The SMILES string of the molecule is C=C1C/C(=C\c2cnn3c(NCC4CC4)cc(N4CCC[C@H]4CO)nc23)C(=O)N1. The van der Waals surface area contributed by atoms with Gasteiger partial charge in [0.05, 0.1) is 18.8 Å². The molecule has 2 aromatic heterocycles. The van der Waals surface area contributed by atoms with Crippen molar-refractivity contribution in [1.82, 2.24) is 19.9 Å². The van der Waals surface area contributed by atoms with Gasteiger partial charge in [-0.3, -0.25) is 4.79 Å². The number of hydrogen-bond donors (Lipinski definition) is 3. The van der Waals surface area contributed by atoms with Crippen molar-refractivity contribution in [2.45, 2.75) is 38.1 Å². The Morgan fingerprint density at radius 2 is 2.24 bits per heavy atom. The van der Waals surface area contributed by atoms with E-state index < -0.39 is 0 Å². The molecule has 1 saturated carbocycles. The maximum Gasteiger partial charge on any atom is 0.251 e. The molecule has 5 rings (SSSR count). The first-order valence-electron chi connectivity index (χ1n) is 10.3. The van der Waals surface area contributed by atoms with E-state index in [1.807, 2.05) is 16.7 Å². The Balaban J connectivity index is 1.57. The van der Waals surface area contributed by atoms with Crippen molar-refractivity contribution in [3.8, 4) is 0 Å². The van der Waals surface area contributed by atoms with Crippen LogP contribution in [0.2, 0.25) is 0 Å². The molecule has 3 fully saturated rings. The molecule has 1 atom stereocenters. The van der Waals surface area contributed by atoms with Crippen LogP contribution in [0.3, 0.4) is 0 Å². The maximum atomic E-state index is 12.1. The van der Waals surface area contributed by atoms with E-state index in [-0.39, 0.29) is 18.6 Å². The van der Waals surface area contributed by atoms with Gasteiger partial charge in [0, 0.05) is 42.4 Å². The molecule has 3 N–H and O–H groups in total. The van der Waals surface area contributed by atoms with Crippen molar-refractivity contribution in [2.75, 3.05) is 29.9 Å². The average Bonchev–Trinajstić information content (AvgIpc) is 3.11. The first-order chi connectivity index (χ1) is 14.1. The quantitative estimate of drug-likeness (QED) is 0.648. The monoisotopic (exact) mass is 394 g/mol. The summed E-state index contributed by atoms with van der Waals surface area (Å²) < 4.78 is 1.81. The summed E-state index contributed by atoms with van der Waals surface area (Å²) in [5.74, 6) is 2.35. The third-order valence-electron chi connectivity index (χ3n) is 5.95. The van der Waals surface area contributed by atoms with Crippen molar-refractivity contribution in [2.24, 2.45) is 5.92 Å². The number of rotatable bonds is 6. The Kier molecular flexibility index (Phi) is 4.50. The lowest BCUT2D eigenvalue weighted by Gasteiger charge is -2.25. The Labute approximate surface area is 169 Å². The summed E-state index contributed by atoms with van der Waals surface area (Å²) >= 11 is 0. The largest absolute Gasteiger partial charge is 0.394 e. The van der Waals surface area contributed by atoms with Gasteiger partial charge in [0.1, 0.15) is 11.6 Å². The van der Waals surface area contributed by atoms with Gasteiger partial charge in [-0.1, -0.05) is 6.58 Å². The lowest BCUT2D eigenvalue weighted by atomic mass is 10.1.